The van der Waals surface area contributed by atoms with E-state index in [9.17, 15) is 9.59 Å². The van der Waals surface area contributed by atoms with Gasteiger partial charge in [0.05, 0.1) is 18.8 Å². The lowest BCUT2D eigenvalue weighted by Gasteiger charge is -2.13. The van der Waals surface area contributed by atoms with Gasteiger partial charge in [-0.3, -0.25) is 9.59 Å². The maximum atomic E-state index is 12.7. The summed E-state index contributed by atoms with van der Waals surface area (Å²) in [6.45, 7) is 8.37. The summed E-state index contributed by atoms with van der Waals surface area (Å²) in [7, 11) is 0. The first kappa shape index (κ1) is 20.3. The van der Waals surface area contributed by atoms with Crippen LogP contribution in [0.5, 0.6) is 11.5 Å². The lowest BCUT2D eigenvalue weighted by atomic mass is 10.1. The maximum absolute atomic E-state index is 12.7. The van der Waals surface area contributed by atoms with Crippen LogP contribution in [-0.4, -0.2) is 25.0 Å². The van der Waals surface area contributed by atoms with Crippen molar-refractivity contribution in [2.24, 2.45) is 5.92 Å². The van der Waals surface area contributed by atoms with Crippen molar-refractivity contribution in [3.63, 3.8) is 0 Å². The van der Waals surface area contributed by atoms with Crippen LogP contribution in [0.2, 0.25) is 0 Å². The Hall–Kier alpha value is -3.02. The van der Waals surface area contributed by atoms with Gasteiger partial charge in [0.1, 0.15) is 11.5 Å². The van der Waals surface area contributed by atoms with Crippen molar-refractivity contribution in [1.82, 2.24) is 0 Å². The molecule has 6 heteroatoms. The molecule has 0 heterocycles. The first-order chi connectivity index (χ1) is 12.9. The van der Waals surface area contributed by atoms with E-state index in [1.165, 1.54) is 0 Å². The number of anilines is 2. The Bertz CT molecular complexity index is 803. The Morgan fingerprint density at radius 3 is 2.22 bits per heavy atom. The molecule has 0 aliphatic heterocycles. The minimum Gasteiger partial charge on any atom is -0.494 e. The summed E-state index contributed by atoms with van der Waals surface area (Å²) in [6.07, 6.45) is 0. The van der Waals surface area contributed by atoms with Crippen LogP contribution in [0.25, 0.3) is 0 Å². The van der Waals surface area contributed by atoms with Gasteiger partial charge in [-0.15, -0.1) is 0 Å². The van der Waals surface area contributed by atoms with Gasteiger partial charge in [-0.1, -0.05) is 19.9 Å². The van der Waals surface area contributed by atoms with Gasteiger partial charge in [-0.05, 0) is 44.2 Å². The van der Waals surface area contributed by atoms with E-state index in [1.54, 1.807) is 42.5 Å². The Morgan fingerprint density at radius 1 is 0.926 bits per heavy atom. The lowest BCUT2D eigenvalue weighted by molar-refractivity contribution is -0.118. The number of rotatable bonds is 8. The highest BCUT2D eigenvalue weighted by molar-refractivity contribution is 6.06. The molecule has 0 fully saturated rings. The van der Waals surface area contributed by atoms with E-state index < -0.39 is 0 Å². The van der Waals surface area contributed by atoms with Crippen molar-refractivity contribution in [2.75, 3.05) is 23.8 Å². The minimum absolute atomic E-state index is 0.0800. The quantitative estimate of drug-likeness (QED) is 0.725. The first-order valence-electron chi connectivity index (χ1n) is 9.06. The molecule has 0 aliphatic carbocycles. The number of hydrogen-bond donors (Lipinski definition) is 2. The zero-order chi connectivity index (χ0) is 19.8. The molecule has 27 heavy (non-hydrogen) atoms. The van der Waals surface area contributed by atoms with Crippen LogP contribution in [0.4, 0.5) is 11.4 Å². The highest BCUT2D eigenvalue weighted by Crippen LogP contribution is 2.26. The molecule has 0 aromatic heterocycles. The van der Waals surface area contributed by atoms with E-state index in [4.69, 9.17) is 9.47 Å². The summed E-state index contributed by atoms with van der Waals surface area (Å²) < 4.78 is 11.1. The van der Waals surface area contributed by atoms with Gasteiger partial charge >= 0.3 is 0 Å². The average molecular weight is 370 g/mol. The van der Waals surface area contributed by atoms with Crippen molar-refractivity contribution in [3.8, 4) is 11.5 Å². The van der Waals surface area contributed by atoms with E-state index in [1.807, 2.05) is 27.7 Å². The fourth-order valence-corrected chi connectivity index (χ4v) is 2.38. The van der Waals surface area contributed by atoms with Gasteiger partial charge in [0.15, 0.2) is 0 Å². The fourth-order valence-electron chi connectivity index (χ4n) is 2.38. The van der Waals surface area contributed by atoms with Gasteiger partial charge in [-0.25, -0.2) is 0 Å². The van der Waals surface area contributed by atoms with E-state index in [2.05, 4.69) is 10.6 Å². The van der Waals surface area contributed by atoms with Crippen LogP contribution >= 0.6 is 0 Å². The summed E-state index contributed by atoms with van der Waals surface area (Å²) in [6, 6.07) is 12.1. The number of ether oxygens (including phenoxy) is 2. The first-order valence-corrected chi connectivity index (χ1v) is 9.06. The normalized spacial score (nSPS) is 10.4. The van der Waals surface area contributed by atoms with Crippen molar-refractivity contribution < 1.29 is 19.1 Å². The molecule has 2 N–H and O–H groups in total. The molecule has 0 bridgehead atoms. The van der Waals surface area contributed by atoms with E-state index in [-0.39, 0.29) is 17.7 Å². The standard InChI is InChI=1S/C21H26N2O4/c1-5-26-17-10-11-18(19(13-17)27-6-2)21(25)23-16-9-7-8-15(12-16)22-20(24)14(3)4/h7-14H,5-6H2,1-4H3,(H,22,24)(H,23,25). The smallest absolute Gasteiger partial charge is 0.259 e. The van der Waals surface area contributed by atoms with Crippen LogP contribution in [0.3, 0.4) is 0 Å². The van der Waals surface area contributed by atoms with Crippen LogP contribution < -0.4 is 20.1 Å². The zero-order valence-corrected chi connectivity index (χ0v) is 16.2. The predicted octanol–water partition coefficient (Wildman–Crippen LogP) is 4.33. The van der Waals surface area contributed by atoms with Crippen molar-refractivity contribution in [1.29, 1.82) is 0 Å². The SMILES string of the molecule is CCOc1ccc(C(=O)Nc2cccc(NC(=O)C(C)C)c2)c(OCC)c1. The highest BCUT2D eigenvalue weighted by atomic mass is 16.5. The molecule has 0 aliphatic rings. The number of amides is 2. The summed E-state index contributed by atoms with van der Waals surface area (Å²) >= 11 is 0. The molecule has 6 nitrogen and oxygen atoms in total. The number of benzene rings is 2. The zero-order valence-electron chi connectivity index (χ0n) is 16.2. The Labute approximate surface area is 159 Å². The second-order valence-electron chi connectivity index (χ2n) is 6.20. The highest BCUT2D eigenvalue weighted by Gasteiger charge is 2.15. The summed E-state index contributed by atoms with van der Waals surface area (Å²) in [5.41, 5.74) is 1.62. The van der Waals surface area contributed by atoms with E-state index >= 15 is 0 Å². The molecular formula is C21H26N2O4. The van der Waals surface area contributed by atoms with Crippen molar-refractivity contribution in [2.45, 2.75) is 27.7 Å². The molecular weight excluding hydrogens is 344 g/mol. The summed E-state index contributed by atoms with van der Waals surface area (Å²) in [5.74, 6) is 0.611. The predicted molar refractivity (Wildman–Crippen MR) is 107 cm³/mol. The Kier molecular flexibility index (Phi) is 7.23. The number of carbonyl (C=O) groups is 2. The molecule has 0 atom stereocenters. The van der Waals surface area contributed by atoms with Crippen molar-refractivity contribution >= 4 is 23.2 Å². The monoisotopic (exact) mass is 370 g/mol. The second-order valence-corrected chi connectivity index (χ2v) is 6.20. The summed E-state index contributed by atoms with van der Waals surface area (Å²) in [4.78, 5) is 24.5. The lowest BCUT2D eigenvalue weighted by Crippen LogP contribution is -2.18. The molecule has 0 radical (unpaired) electrons. The van der Waals surface area contributed by atoms with Crippen molar-refractivity contribution in [3.05, 3.63) is 48.0 Å². The second kappa shape index (κ2) is 9.62. The van der Waals surface area contributed by atoms with Crippen LogP contribution in [-0.2, 0) is 4.79 Å². The molecule has 2 rings (SSSR count). The Morgan fingerprint density at radius 2 is 1.59 bits per heavy atom. The van der Waals surface area contributed by atoms with Gasteiger partial charge < -0.3 is 20.1 Å². The third-order valence-corrected chi connectivity index (χ3v) is 3.72. The minimum atomic E-state index is -0.297. The molecule has 0 saturated heterocycles. The maximum Gasteiger partial charge on any atom is 0.259 e. The molecule has 2 aromatic rings. The molecule has 2 amide bonds. The number of carbonyl (C=O) groups excluding carboxylic acids is 2. The third kappa shape index (κ3) is 5.74. The average Bonchev–Trinajstić information content (AvgIpc) is 2.62. The van der Waals surface area contributed by atoms with E-state index in [0.29, 0.717) is 41.7 Å². The Balaban J connectivity index is 2.18. The van der Waals surface area contributed by atoms with Crippen LogP contribution in [0.1, 0.15) is 38.1 Å². The largest absolute Gasteiger partial charge is 0.494 e. The fraction of sp³-hybridized carbons (Fsp3) is 0.333. The molecule has 2 aromatic carbocycles. The summed E-state index contributed by atoms with van der Waals surface area (Å²) in [5, 5.41) is 5.66. The van der Waals surface area contributed by atoms with Crippen LogP contribution in [0.15, 0.2) is 42.5 Å². The van der Waals surface area contributed by atoms with Gasteiger partial charge in [0.25, 0.3) is 5.91 Å². The number of nitrogens with one attached hydrogen (secondary N) is 2. The van der Waals surface area contributed by atoms with Gasteiger partial charge in [-0.2, -0.15) is 0 Å². The van der Waals surface area contributed by atoms with Gasteiger partial charge in [0, 0.05) is 23.4 Å². The van der Waals surface area contributed by atoms with Gasteiger partial charge in [0.2, 0.25) is 5.91 Å². The molecule has 144 valence electrons. The number of hydrogen-bond acceptors (Lipinski definition) is 4. The molecule has 0 saturated carbocycles. The molecule has 0 spiro atoms. The third-order valence-electron chi connectivity index (χ3n) is 3.72. The topological polar surface area (TPSA) is 76.7 Å². The van der Waals surface area contributed by atoms with Crippen LogP contribution in [0, 0.1) is 5.92 Å². The van der Waals surface area contributed by atoms with E-state index in [0.717, 1.165) is 0 Å². The molecule has 0 unspecified atom stereocenters.